The zero-order chi connectivity index (χ0) is 42.0. The quantitative estimate of drug-likeness (QED) is 0.115. The Labute approximate surface area is 359 Å². The fourth-order valence-electron chi connectivity index (χ4n) is 9.88. The van der Waals surface area contributed by atoms with Crippen molar-refractivity contribution in [2.45, 2.75) is 42.2 Å². The van der Waals surface area contributed by atoms with Crippen molar-refractivity contribution in [1.29, 1.82) is 0 Å². The molecule has 1 fully saturated rings. The summed E-state index contributed by atoms with van der Waals surface area (Å²) in [4.78, 5) is 0. The highest BCUT2D eigenvalue weighted by atomic mass is 31.2. The van der Waals surface area contributed by atoms with Crippen molar-refractivity contribution < 1.29 is 18.6 Å². The SMILES string of the molecule is CC1(C)O[C@H](C(c2ccccc2)(c2ccccc2)P(=O)(c2ccccc2)c2ccccc2)[C@@H](C(c2ccccc2)(c2ccccc2)P(=O)(c2ccccc2)c2ccccc2)O1. The van der Waals surface area contributed by atoms with E-state index in [0.29, 0.717) is 21.2 Å². The van der Waals surface area contributed by atoms with Gasteiger partial charge in [-0.05, 0) is 36.1 Å². The van der Waals surface area contributed by atoms with Gasteiger partial charge in [0.05, 0.1) is 0 Å². The van der Waals surface area contributed by atoms with Crippen LogP contribution in [0.1, 0.15) is 36.1 Å². The van der Waals surface area contributed by atoms with Crippen LogP contribution in [0.4, 0.5) is 0 Å². The van der Waals surface area contributed by atoms with Gasteiger partial charge in [0.1, 0.15) is 22.5 Å². The van der Waals surface area contributed by atoms with E-state index in [4.69, 9.17) is 9.47 Å². The Morgan fingerprint density at radius 1 is 0.328 bits per heavy atom. The molecule has 61 heavy (non-hydrogen) atoms. The Hall–Kier alpha value is -5.86. The third-order valence-electron chi connectivity index (χ3n) is 12.2. The van der Waals surface area contributed by atoms with E-state index in [0.717, 1.165) is 22.3 Å². The van der Waals surface area contributed by atoms with Crippen LogP contribution >= 0.6 is 14.3 Å². The molecule has 0 unspecified atom stereocenters. The van der Waals surface area contributed by atoms with Gasteiger partial charge in [-0.15, -0.1) is 0 Å². The summed E-state index contributed by atoms with van der Waals surface area (Å²) in [5.74, 6) is -1.25. The molecular weight excluding hydrogens is 787 g/mol. The van der Waals surface area contributed by atoms with Gasteiger partial charge in [0, 0.05) is 21.2 Å². The molecule has 0 aliphatic carbocycles. The minimum atomic E-state index is -4.00. The fraction of sp³-hybridized carbons (Fsp3) is 0.127. The molecule has 302 valence electrons. The zero-order valence-electron chi connectivity index (χ0n) is 34.3. The topological polar surface area (TPSA) is 52.6 Å². The average molecular weight is 835 g/mol. The first kappa shape index (κ1) is 40.5. The van der Waals surface area contributed by atoms with Crippen LogP contribution in [0.3, 0.4) is 0 Å². The molecule has 8 aromatic rings. The number of hydrogen-bond acceptors (Lipinski definition) is 4. The summed E-state index contributed by atoms with van der Waals surface area (Å²) in [5.41, 5.74) is 3.16. The first-order chi connectivity index (χ1) is 29.8. The lowest BCUT2D eigenvalue weighted by Gasteiger charge is -2.52. The lowest BCUT2D eigenvalue weighted by molar-refractivity contribution is -0.150. The second kappa shape index (κ2) is 16.5. The number of rotatable bonds is 12. The van der Waals surface area contributed by atoms with Gasteiger partial charge < -0.3 is 18.6 Å². The molecule has 1 aliphatic rings. The van der Waals surface area contributed by atoms with Gasteiger partial charge >= 0.3 is 0 Å². The predicted molar refractivity (Wildman–Crippen MR) is 251 cm³/mol. The van der Waals surface area contributed by atoms with Crippen molar-refractivity contribution >= 4 is 35.5 Å². The van der Waals surface area contributed by atoms with Gasteiger partial charge in [-0.3, -0.25) is 0 Å². The van der Waals surface area contributed by atoms with Crippen LogP contribution in [0.5, 0.6) is 0 Å². The molecule has 6 heteroatoms. The molecule has 9 rings (SSSR count). The molecule has 0 spiro atoms. The fourth-order valence-corrected chi connectivity index (χ4v) is 17.6. The van der Waals surface area contributed by atoms with E-state index in [1.807, 2.05) is 208 Å². The zero-order valence-corrected chi connectivity index (χ0v) is 36.1. The van der Waals surface area contributed by atoms with Crippen molar-refractivity contribution in [1.82, 2.24) is 0 Å². The first-order valence-corrected chi connectivity index (χ1v) is 24.2. The van der Waals surface area contributed by atoms with Crippen molar-refractivity contribution in [2.24, 2.45) is 0 Å². The van der Waals surface area contributed by atoms with Crippen LogP contribution in [0.2, 0.25) is 0 Å². The monoisotopic (exact) mass is 834 g/mol. The highest BCUT2D eigenvalue weighted by Crippen LogP contribution is 2.74. The minimum Gasteiger partial charge on any atom is -0.343 e. The summed E-state index contributed by atoms with van der Waals surface area (Å²) < 4.78 is 51.2. The average Bonchev–Trinajstić information content (AvgIpc) is 3.66. The van der Waals surface area contributed by atoms with Crippen molar-refractivity contribution in [2.75, 3.05) is 0 Å². The maximum atomic E-state index is 18.0. The lowest BCUT2D eigenvalue weighted by atomic mass is 9.75. The van der Waals surface area contributed by atoms with Crippen molar-refractivity contribution in [3.8, 4) is 0 Å². The summed E-state index contributed by atoms with van der Waals surface area (Å²) in [6.45, 7) is 3.85. The molecule has 0 aromatic heterocycles. The van der Waals surface area contributed by atoms with Crippen LogP contribution < -0.4 is 21.2 Å². The molecule has 0 saturated carbocycles. The third kappa shape index (κ3) is 6.53. The highest BCUT2D eigenvalue weighted by molar-refractivity contribution is 7.80. The molecule has 1 saturated heterocycles. The normalized spacial score (nSPS) is 16.8. The standard InChI is InChI=1S/C55H48O4P2/c1-53(2)58-51(54(43-27-11-3-12-28-43,44-29-13-4-14-30-44)60(56,47-35-19-7-20-36-47)48-37-21-8-22-38-48)52(59-53)55(45-31-15-5-16-32-45,46-33-17-6-18-34-46)61(57,49-39-23-9-24-40-49)50-41-25-10-26-42-50/h3-42,51-52H,1-2H3/t51-,52-/m0/s1. The first-order valence-electron chi connectivity index (χ1n) is 20.8. The van der Waals surface area contributed by atoms with Gasteiger partial charge in [-0.25, -0.2) is 0 Å². The Morgan fingerprint density at radius 2 is 0.508 bits per heavy atom. The van der Waals surface area contributed by atoms with Crippen LogP contribution in [-0.4, -0.2) is 18.0 Å². The summed E-state index contributed by atoms with van der Waals surface area (Å²) >= 11 is 0. The number of ether oxygens (including phenoxy) is 2. The minimum absolute atomic E-state index is 0.667. The largest absolute Gasteiger partial charge is 0.343 e. The van der Waals surface area contributed by atoms with Crippen LogP contribution in [0, 0.1) is 0 Å². The summed E-state index contributed by atoms with van der Waals surface area (Å²) in [6, 6.07) is 79.8. The molecule has 0 bridgehead atoms. The molecule has 0 N–H and O–H groups in total. The van der Waals surface area contributed by atoms with Gasteiger partial charge in [0.2, 0.25) is 0 Å². The maximum absolute atomic E-state index is 18.0. The summed E-state index contributed by atoms with van der Waals surface area (Å²) in [5, 5.41) is -0.297. The van der Waals surface area contributed by atoms with Crippen LogP contribution in [0.15, 0.2) is 243 Å². The van der Waals surface area contributed by atoms with Crippen LogP contribution in [-0.2, 0) is 28.9 Å². The predicted octanol–water partition coefficient (Wildman–Crippen LogP) is 11.4. The summed E-state index contributed by atoms with van der Waals surface area (Å²) in [6.07, 6.45) is -2.08. The van der Waals surface area contributed by atoms with E-state index >= 15 is 9.13 Å². The van der Waals surface area contributed by atoms with Gasteiger partial charge in [0.25, 0.3) is 0 Å². The molecule has 2 atom stereocenters. The highest BCUT2D eigenvalue weighted by Gasteiger charge is 2.71. The molecule has 4 nitrogen and oxygen atoms in total. The molecule has 8 aromatic carbocycles. The van der Waals surface area contributed by atoms with E-state index in [-0.39, 0.29) is 0 Å². The summed E-state index contributed by atoms with van der Waals surface area (Å²) in [7, 11) is -7.99. The Balaban J connectivity index is 1.53. The molecule has 0 amide bonds. The Bertz CT molecular complexity index is 2410. The van der Waals surface area contributed by atoms with E-state index in [2.05, 4.69) is 48.5 Å². The second-order valence-corrected chi connectivity index (χ2v) is 21.9. The lowest BCUT2D eigenvalue weighted by Crippen LogP contribution is -2.58. The van der Waals surface area contributed by atoms with Crippen LogP contribution in [0.25, 0.3) is 0 Å². The molecule has 1 aliphatic heterocycles. The number of benzene rings is 8. The smallest absolute Gasteiger partial charge is 0.163 e. The van der Waals surface area contributed by atoms with Gasteiger partial charge in [-0.2, -0.15) is 0 Å². The molecule has 0 radical (unpaired) electrons. The second-order valence-electron chi connectivity index (χ2n) is 16.0. The maximum Gasteiger partial charge on any atom is 0.163 e. The van der Waals surface area contributed by atoms with E-state index < -0.39 is 42.6 Å². The van der Waals surface area contributed by atoms with Gasteiger partial charge in [0.15, 0.2) is 20.1 Å². The Kier molecular flexibility index (Phi) is 11.0. The molecule has 1 heterocycles. The third-order valence-corrected chi connectivity index (χ3v) is 19.9. The number of hydrogen-bond donors (Lipinski definition) is 0. The van der Waals surface area contributed by atoms with E-state index in [1.54, 1.807) is 0 Å². The van der Waals surface area contributed by atoms with Gasteiger partial charge in [-0.1, -0.05) is 243 Å². The van der Waals surface area contributed by atoms with Crippen molar-refractivity contribution in [3.63, 3.8) is 0 Å². The van der Waals surface area contributed by atoms with E-state index in [1.165, 1.54) is 0 Å². The van der Waals surface area contributed by atoms with Crippen molar-refractivity contribution in [3.05, 3.63) is 265 Å². The Morgan fingerprint density at radius 3 is 0.705 bits per heavy atom. The molecular formula is C55H48O4P2. The van der Waals surface area contributed by atoms with E-state index in [9.17, 15) is 0 Å².